The minimum Gasteiger partial charge on any atom is -0.478 e. The van der Waals surface area contributed by atoms with Gasteiger partial charge in [-0.1, -0.05) is 12.1 Å². The lowest BCUT2D eigenvalue weighted by Gasteiger charge is -2.23. The first-order chi connectivity index (χ1) is 9.42. The summed E-state index contributed by atoms with van der Waals surface area (Å²) < 4.78 is 32.1. The lowest BCUT2D eigenvalue weighted by Crippen LogP contribution is -2.33. The molecule has 2 rings (SSSR count). The minimum atomic E-state index is -3.60. The number of carboxylic acid groups (broad SMARTS) is 1. The van der Waals surface area contributed by atoms with Crippen molar-refractivity contribution in [3.8, 4) is 0 Å². The highest BCUT2D eigenvalue weighted by Crippen LogP contribution is 2.24. The van der Waals surface area contributed by atoms with Gasteiger partial charge in [-0.15, -0.1) is 0 Å². The molecule has 20 heavy (non-hydrogen) atoms. The van der Waals surface area contributed by atoms with E-state index in [1.54, 1.807) is 19.1 Å². The van der Waals surface area contributed by atoms with Crippen molar-refractivity contribution >= 4 is 21.7 Å². The Morgan fingerprint density at radius 1 is 1.35 bits per heavy atom. The standard InChI is InChI=1S/C13H17NO5S/c1-9-3-2-4-11(12(9)13(15)16)14-20(17,18)10-5-7-19-8-6-10/h2-4,10,14H,5-8H2,1H3,(H,15,16). The van der Waals surface area contributed by atoms with Crippen LogP contribution in [0.5, 0.6) is 0 Å². The van der Waals surface area contributed by atoms with Gasteiger partial charge in [0.05, 0.1) is 16.5 Å². The van der Waals surface area contributed by atoms with Gasteiger partial charge in [0.1, 0.15) is 0 Å². The maximum atomic E-state index is 12.3. The summed E-state index contributed by atoms with van der Waals surface area (Å²) in [5, 5.41) is 8.66. The molecule has 1 aromatic rings. The summed E-state index contributed by atoms with van der Waals surface area (Å²) >= 11 is 0. The smallest absolute Gasteiger partial charge is 0.338 e. The van der Waals surface area contributed by atoms with Crippen molar-refractivity contribution in [2.75, 3.05) is 17.9 Å². The highest BCUT2D eigenvalue weighted by molar-refractivity contribution is 7.93. The molecule has 0 spiro atoms. The predicted octanol–water partition coefficient (Wildman–Crippen LogP) is 1.61. The van der Waals surface area contributed by atoms with Crippen molar-refractivity contribution < 1.29 is 23.1 Å². The number of carboxylic acids is 1. The van der Waals surface area contributed by atoms with Crippen molar-refractivity contribution in [1.29, 1.82) is 0 Å². The summed E-state index contributed by atoms with van der Waals surface area (Å²) in [5.74, 6) is -1.15. The van der Waals surface area contributed by atoms with Crippen LogP contribution in [-0.2, 0) is 14.8 Å². The summed E-state index contributed by atoms with van der Waals surface area (Å²) in [6.45, 7) is 2.45. The molecule has 2 N–H and O–H groups in total. The number of nitrogens with one attached hydrogen (secondary N) is 1. The van der Waals surface area contributed by atoms with E-state index in [-0.39, 0.29) is 11.3 Å². The van der Waals surface area contributed by atoms with Gasteiger partial charge in [0.2, 0.25) is 10.0 Å². The number of sulfonamides is 1. The molecule has 1 aliphatic heterocycles. The average molecular weight is 299 g/mol. The summed E-state index contributed by atoms with van der Waals surface area (Å²) in [6.07, 6.45) is 0.840. The molecule has 0 amide bonds. The molecule has 1 aliphatic rings. The third-order valence-electron chi connectivity index (χ3n) is 3.35. The van der Waals surface area contributed by atoms with Crippen LogP contribution in [0.1, 0.15) is 28.8 Å². The number of ether oxygens (including phenoxy) is 1. The lowest BCUT2D eigenvalue weighted by atomic mass is 10.1. The van der Waals surface area contributed by atoms with Crippen molar-refractivity contribution in [2.24, 2.45) is 0 Å². The molecule has 0 saturated carbocycles. The van der Waals surface area contributed by atoms with Crippen LogP contribution in [0.4, 0.5) is 5.69 Å². The van der Waals surface area contributed by atoms with E-state index >= 15 is 0 Å². The van der Waals surface area contributed by atoms with E-state index in [2.05, 4.69) is 4.72 Å². The van der Waals surface area contributed by atoms with Gasteiger partial charge in [0.15, 0.2) is 0 Å². The molecule has 0 aliphatic carbocycles. The van der Waals surface area contributed by atoms with Crippen LogP contribution >= 0.6 is 0 Å². The van der Waals surface area contributed by atoms with E-state index in [9.17, 15) is 18.3 Å². The Morgan fingerprint density at radius 2 is 2.00 bits per heavy atom. The summed E-state index contributed by atoms with van der Waals surface area (Å²) in [4.78, 5) is 11.2. The predicted molar refractivity (Wildman–Crippen MR) is 74.5 cm³/mol. The normalized spacial score (nSPS) is 16.9. The molecular formula is C13H17NO5S. The van der Waals surface area contributed by atoms with Crippen molar-refractivity contribution in [3.05, 3.63) is 29.3 Å². The van der Waals surface area contributed by atoms with Gasteiger partial charge < -0.3 is 9.84 Å². The minimum absolute atomic E-state index is 0.0110. The van der Waals surface area contributed by atoms with Gasteiger partial charge in [-0.25, -0.2) is 13.2 Å². The van der Waals surface area contributed by atoms with Crippen LogP contribution in [0.25, 0.3) is 0 Å². The molecule has 7 heteroatoms. The Labute approximate surface area is 117 Å². The van der Waals surface area contributed by atoms with E-state index in [1.807, 2.05) is 0 Å². The topological polar surface area (TPSA) is 92.7 Å². The second-order valence-electron chi connectivity index (χ2n) is 4.76. The Hall–Kier alpha value is -1.60. The quantitative estimate of drug-likeness (QED) is 0.881. The van der Waals surface area contributed by atoms with E-state index in [1.165, 1.54) is 6.07 Å². The summed E-state index contributed by atoms with van der Waals surface area (Å²) in [6, 6.07) is 4.73. The van der Waals surface area contributed by atoms with Crippen LogP contribution < -0.4 is 4.72 Å². The van der Waals surface area contributed by atoms with Gasteiger partial charge in [0.25, 0.3) is 0 Å². The molecule has 1 heterocycles. The van der Waals surface area contributed by atoms with Gasteiger partial charge in [-0.05, 0) is 31.4 Å². The molecule has 6 nitrogen and oxygen atoms in total. The number of aryl methyl sites for hydroxylation is 1. The molecular weight excluding hydrogens is 282 g/mol. The largest absolute Gasteiger partial charge is 0.478 e. The molecule has 1 fully saturated rings. The molecule has 1 aromatic carbocycles. The van der Waals surface area contributed by atoms with Crippen LogP contribution in [0.2, 0.25) is 0 Å². The van der Waals surface area contributed by atoms with Crippen molar-refractivity contribution in [1.82, 2.24) is 0 Å². The number of hydrogen-bond acceptors (Lipinski definition) is 4. The number of rotatable bonds is 4. The molecule has 0 bridgehead atoms. The molecule has 1 saturated heterocycles. The van der Waals surface area contributed by atoms with Crippen LogP contribution in [0.3, 0.4) is 0 Å². The van der Waals surface area contributed by atoms with Gasteiger partial charge in [0, 0.05) is 13.2 Å². The monoisotopic (exact) mass is 299 g/mol. The zero-order chi connectivity index (χ0) is 14.8. The van der Waals surface area contributed by atoms with E-state index in [0.29, 0.717) is 31.6 Å². The number of carbonyl (C=O) groups is 1. The van der Waals surface area contributed by atoms with Crippen LogP contribution in [-0.4, -0.2) is 38.0 Å². The molecule has 110 valence electrons. The number of hydrogen-bond donors (Lipinski definition) is 2. The number of anilines is 1. The SMILES string of the molecule is Cc1cccc(NS(=O)(=O)C2CCOCC2)c1C(=O)O. The first-order valence-electron chi connectivity index (χ1n) is 6.34. The zero-order valence-corrected chi connectivity index (χ0v) is 11.9. The Bertz CT molecular complexity index is 605. The lowest BCUT2D eigenvalue weighted by molar-refractivity contribution is 0.0697. The van der Waals surface area contributed by atoms with E-state index in [0.717, 1.165) is 0 Å². The molecule has 0 aromatic heterocycles. The first-order valence-corrected chi connectivity index (χ1v) is 7.89. The number of benzene rings is 1. The summed E-state index contributed by atoms with van der Waals surface area (Å²) in [7, 11) is -3.60. The van der Waals surface area contributed by atoms with Gasteiger partial charge in [-0.2, -0.15) is 0 Å². The fourth-order valence-corrected chi connectivity index (χ4v) is 3.72. The second kappa shape index (κ2) is 5.80. The van der Waals surface area contributed by atoms with Gasteiger partial charge >= 0.3 is 5.97 Å². The number of aromatic carboxylic acids is 1. The highest BCUT2D eigenvalue weighted by Gasteiger charge is 2.29. The zero-order valence-electron chi connectivity index (χ0n) is 11.1. The van der Waals surface area contributed by atoms with Crippen molar-refractivity contribution in [2.45, 2.75) is 25.0 Å². The maximum Gasteiger partial charge on any atom is 0.338 e. The average Bonchev–Trinajstić information content (AvgIpc) is 2.39. The molecule has 0 atom stereocenters. The van der Waals surface area contributed by atoms with Crippen LogP contribution in [0, 0.1) is 6.92 Å². The Balaban J connectivity index is 2.29. The van der Waals surface area contributed by atoms with Crippen LogP contribution in [0.15, 0.2) is 18.2 Å². The molecule has 0 unspecified atom stereocenters. The maximum absolute atomic E-state index is 12.3. The third-order valence-corrected chi connectivity index (χ3v) is 5.20. The summed E-state index contributed by atoms with van der Waals surface area (Å²) in [5.41, 5.74) is 0.622. The van der Waals surface area contributed by atoms with Crippen molar-refractivity contribution in [3.63, 3.8) is 0 Å². The fourth-order valence-electron chi connectivity index (χ4n) is 2.26. The van der Waals surface area contributed by atoms with Gasteiger partial charge in [-0.3, -0.25) is 4.72 Å². The van der Waals surface area contributed by atoms with E-state index in [4.69, 9.17) is 4.74 Å². The van der Waals surface area contributed by atoms with E-state index < -0.39 is 21.2 Å². The highest BCUT2D eigenvalue weighted by atomic mass is 32.2. The fraction of sp³-hybridized carbons (Fsp3) is 0.462. The molecule has 0 radical (unpaired) electrons. The Kier molecular flexibility index (Phi) is 4.29. The second-order valence-corrected chi connectivity index (χ2v) is 6.72. The first kappa shape index (κ1) is 14.8. The Morgan fingerprint density at radius 3 is 2.60 bits per heavy atom. The third kappa shape index (κ3) is 3.10.